The van der Waals surface area contributed by atoms with Crippen LogP contribution in [-0.4, -0.2) is 33.6 Å². The molecule has 2 heterocycles. The highest BCUT2D eigenvalue weighted by Gasteiger charge is 2.31. The second-order valence-electron chi connectivity index (χ2n) is 11.4. The van der Waals surface area contributed by atoms with Gasteiger partial charge in [0.15, 0.2) is 5.96 Å². The number of nitrogens with two attached hydrogens (primary N) is 2. The fourth-order valence-corrected chi connectivity index (χ4v) is 4.43. The van der Waals surface area contributed by atoms with E-state index in [4.69, 9.17) is 11.5 Å². The third-order valence-corrected chi connectivity index (χ3v) is 6.65. The number of hydrogen-bond donors (Lipinski definition) is 4. The molecule has 4 aromatic rings. The minimum atomic E-state index is -4.47. The number of guanidine groups is 1. The summed E-state index contributed by atoms with van der Waals surface area (Å²) in [6.45, 7) is 8.13. The summed E-state index contributed by atoms with van der Waals surface area (Å²) in [5.41, 5.74) is 12.9. The van der Waals surface area contributed by atoms with Crippen molar-refractivity contribution in [3.63, 3.8) is 0 Å². The number of benzene rings is 2. The summed E-state index contributed by atoms with van der Waals surface area (Å²) in [5.74, 6) is 0.0794. The minimum absolute atomic E-state index is 0.0122. The molecule has 0 aliphatic heterocycles. The quantitative estimate of drug-likeness (QED) is 0.120. The maximum Gasteiger partial charge on any atom is 0.416 e. The van der Waals surface area contributed by atoms with Gasteiger partial charge in [-0.1, -0.05) is 32.9 Å². The Morgan fingerprint density at radius 2 is 1.78 bits per heavy atom. The van der Waals surface area contributed by atoms with Crippen molar-refractivity contribution < 1.29 is 13.2 Å². The average Bonchev–Trinajstić information content (AvgIpc) is 3.31. The summed E-state index contributed by atoms with van der Waals surface area (Å²) < 4.78 is 42.6. The topological polar surface area (TPSA) is 127 Å². The van der Waals surface area contributed by atoms with Gasteiger partial charge in [-0.25, -0.2) is 4.79 Å². The molecular weight excluding hydrogens is 531 g/mol. The van der Waals surface area contributed by atoms with E-state index >= 15 is 0 Å². The Morgan fingerprint density at radius 1 is 1.05 bits per heavy atom. The van der Waals surface area contributed by atoms with Gasteiger partial charge in [0.1, 0.15) is 5.65 Å². The van der Waals surface area contributed by atoms with E-state index in [0.717, 1.165) is 31.0 Å². The van der Waals surface area contributed by atoms with Gasteiger partial charge in [0.2, 0.25) is 0 Å². The van der Waals surface area contributed by atoms with Crippen molar-refractivity contribution in [2.24, 2.45) is 21.9 Å². The predicted molar refractivity (Wildman–Crippen MR) is 157 cm³/mol. The first-order chi connectivity index (χ1) is 19.3. The van der Waals surface area contributed by atoms with Gasteiger partial charge < -0.3 is 21.8 Å². The van der Waals surface area contributed by atoms with Crippen LogP contribution in [0.2, 0.25) is 0 Å². The van der Waals surface area contributed by atoms with Gasteiger partial charge in [-0.2, -0.15) is 18.2 Å². The molecule has 2 aromatic heterocycles. The first kappa shape index (κ1) is 29.9. The summed E-state index contributed by atoms with van der Waals surface area (Å²) >= 11 is 0. The molecule has 8 nitrogen and oxygen atoms in total. The highest BCUT2D eigenvalue weighted by molar-refractivity contribution is 5.82. The molecule has 0 saturated carbocycles. The summed E-state index contributed by atoms with van der Waals surface area (Å²) in [7, 11) is 0. The van der Waals surface area contributed by atoms with E-state index in [1.165, 1.54) is 10.6 Å². The highest BCUT2D eigenvalue weighted by atomic mass is 19.4. The molecule has 0 radical (unpaired) electrons. The number of alkyl halides is 3. The van der Waals surface area contributed by atoms with Crippen LogP contribution in [0.15, 0.2) is 64.5 Å². The third kappa shape index (κ3) is 8.20. The summed E-state index contributed by atoms with van der Waals surface area (Å²) in [6, 6.07) is 13.3. The van der Waals surface area contributed by atoms with Crippen molar-refractivity contribution in [3.05, 3.63) is 81.9 Å². The molecule has 4 rings (SSSR count). The summed E-state index contributed by atoms with van der Waals surface area (Å²) in [4.78, 5) is 24.0. The van der Waals surface area contributed by atoms with Crippen molar-refractivity contribution in [3.8, 4) is 16.9 Å². The van der Waals surface area contributed by atoms with E-state index in [2.05, 4.69) is 41.0 Å². The second kappa shape index (κ2) is 12.2. The van der Waals surface area contributed by atoms with Gasteiger partial charge in [0.25, 0.3) is 0 Å². The number of aryl methyl sites for hydroxylation is 1. The van der Waals surface area contributed by atoms with Crippen molar-refractivity contribution >= 4 is 17.0 Å². The Bertz CT molecular complexity index is 1580. The molecule has 11 heteroatoms. The Labute approximate surface area is 236 Å². The average molecular weight is 568 g/mol. The SMILES string of the molecule is CC(C)(C)CCc1cc(-c2cc3cn(-c4ccc(CNCCCN=C(N)N)cc4)c(=O)nc3[nH]2)cc(C(F)(F)F)c1. The molecule has 41 heavy (non-hydrogen) atoms. The number of nitrogens with zero attached hydrogens (tertiary/aromatic N) is 3. The smallest absolute Gasteiger partial charge is 0.370 e. The van der Waals surface area contributed by atoms with E-state index in [1.807, 2.05) is 24.3 Å². The highest BCUT2D eigenvalue weighted by Crippen LogP contribution is 2.35. The number of aromatic nitrogens is 3. The lowest BCUT2D eigenvalue weighted by molar-refractivity contribution is -0.137. The third-order valence-electron chi connectivity index (χ3n) is 6.65. The molecule has 0 fully saturated rings. The van der Waals surface area contributed by atoms with Crippen LogP contribution in [0.4, 0.5) is 13.2 Å². The molecule has 0 aliphatic carbocycles. The van der Waals surface area contributed by atoms with Crippen LogP contribution in [0.3, 0.4) is 0 Å². The lowest BCUT2D eigenvalue weighted by atomic mass is 9.88. The molecule has 2 aromatic carbocycles. The van der Waals surface area contributed by atoms with Crippen LogP contribution in [0.25, 0.3) is 28.0 Å². The number of aromatic amines is 1. The lowest BCUT2D eigenvalue weighted by Crippen LogP contribution is -2.23. The zero-order valence-corrected chi connectivity index (χ0v) is 23.5. The molecule has 0 bridgehead atoms. The zero-order valence-electron chi connectivity index (χ0n) is 23.5. The van der Waals surface area contributed by atoms with Gasteiger partial charge in [-0.05, 0) is 84.3 Å². The predicted octanol–water partition coefficient (Wildman–Crippen LogP) is 5.13. The molecule has 0 unspecified atom stereocenters. The molecule has 0 atom stereocenters. The molecule has 0 aliphatic rings. The Morgan fingerprint density at radius 3 is 2.44 bits per heavy atom. The monoisotopic (exact) mass is 567 g/mol. The molecule has 6 N–H and O–H groups in total. The lowest BCUT2D eigenvalue weighted by Gasteiger charge is -2.19. The van der Waals surface area contributed by atoms with Crippen molar-refractivity contribution in [1.82, 2.24) is 19.9 Å². The Balaban J connectivity index is 1.56. The Hall–Kier alpha value is -4.12. The van der Waals surface area contributed by atoms with Crippen LogP contribution < -0.4 is 22.5 Å². The maximum absolute atomic E-state index is 13.7. The van der Waals surface area contributed by atoms with Crippen LogP contribution >= 0.6 is 0 Å². The van der Waals surface area contributed by atoms with Gasteiger partial charge in [0, 0.05) is 30.4 Å². The number of nitrogens with one attached hydrogen (secondary N) is 2. The molecular formula is C30H36F3N7O. The molecule has 0 saturated heterocycles. The number of rotatable bonds is 10. The van der Waals surface area contributed by atoms with Gasteiger partial charge >= 0.3 is 11.9 Å². The van der Waals surface area contributed by atoms with Crippen molar-refractivity contribution in [1.29, 1.82) is 0 Å². The van der Waals surface area contributed by atoms with Crippen LogP contribution in [0, 0.1) is 5.41 Å². The minimum Gasteiger partial charge on any atom is -0.370 e. The zero-order chi connectivity index (χ0) is 29.8. The van der Waals surface area contributed by atoms with E-state index in [-0.39, 0.29) is 11.4 Å². The molecule has 0 spiro atoms. The van der Waals surface area contributed by atoms with E-state index in [1.54, 1.807) is 18.3 Å². The van der Waals surface area contributed by atoms with Crippen LogP contribution in [-0.2, 0) is 19.1 Å². The number of H-pyrrole nitrogens is 1. The van der Waals surface area contributed by atoms with E-state index < -0.39 is 17.4 Å². The maximum atomic E-state index is 13.7. The molecule has 0 amide bonds. The number of fused-ring (bicyclic) bond motifs is 1. The fourth-order valence-electron chi connectivity index (χ4n) is 4.43. The van der Waals surface area contributed by atoms with Gasteiger partial charge in [0.05, 0.1) is 11.3 Å². The molecule has 218 valence electrons. The van der Waals surface area contributed by atoms with Crippen LogP contribution in [0.5, 0.6) is 0 Å². The first-order valence-corrected chi connectivity index (χ1v) is 13.5. The van der Waals surface area contributed by atoms with Gasteiger partial charge in [-0.3, -0.25) is 9.56 Å². The van der Waals surface area contributed by atoms with Crippen molar-refractivity contribution in [2.45, 2.75) is 52.8 Å². The summed E-state index contributed by atoms with van der Waals surface area (Å²) in [6.07, 6.45) is -0.760. The van der Waals surface area contributed by atoms with E-state index in [9.17, 15) is 18.0 Å². The number of aliphatic imine (C=N–C) groups is 1. The largest absolute Gasteiger partial charge is 0.416 e. The number of halogens is 3. The van der Waals surface area contributed by atoms with Gasteiger partial charge in [-0.15, -0.1) is 0 Å². The van der Waals surface area contributed by atoms with Crippen LogP contribution in [0.1, 0.15) is 50.3 Å². The Kier molecular flexibility index (Phi) is 8.86. The first-order valence-electron chi connectivity index (χ1n) is 13.5. The fraction of sp³-hybridized carbons (Fsp3) is 0.367. The van der Waals surface area contributed by atoms with Crippen molar-refractivity contribution in [2.75, 3.05) is 13.1 Å². The summed E-state index contributed by atoms with van der Waals surface area (Å²) in [5, 5.41) is 3.93. The second-order valence-corrected chi connectivity index (χ2v) is 11.4. The number of hydrogen-bond acceptors (Lipinski definition) is 4. The normalized spacial score (nSPS) is 12.1. The standard InChI is InChI=1S/C30H36F3N7O/c1-29(2,3)10-9-20-13-21(15-23(14-20)30(31,32)33)25-16-22-18-40(28(41)39-26(22)38-25)24-7-5-19(6-8-24)17-36-11-4-12-37-27(34)35/h5-8,13-16,18,36H,4,9-12,17H2,1-3H3,(H4,34,35,37)(H,38,39,41). The van der Waals surface area contributed by atoms with E-state index in [0.29, 0.717) is 53.1 Å².